The van der Waals surface area contributed by atoms with Crippen LogP contribution in [0.5, 0.6) is 0 Å². The molecular formula is C22H23N4OPS. The molecule has 0 aliphatic carbocycles. The summed E-state index contributed by atoms with van der Waals surface area (Å²) in [5, 5.41) is 5.70. The number of allylic oxidation sites excluding steroid dienone is 1. The lowest BCUT2D eigenvalue weighted by atomic mass is 10.0. The highest BCUT2D eigenvalue weighted by Gasteiger charge is 2.38. The minimum Gasteiger partial charge on any atom is -0.370 e. The van der Waals surface area contributed by atoms with Crippen molar-refractivity contribution in [2.24, 2.45) is 11.8 Å². The number of fused-ring (bicyclic) bond motifs is 3. The van der Waals surface area contributed by atoms with E-state index in [1.165, 1.54) is 10.4 Å². The number of thiazole rings is 1. The van der Waals surface area contributed by atoms with E-state index >= 15 is 0 Å². The molecule has 4 aliphatic rings. The molecule has 148 valence electrons. The first-order valence-electron chi connectivity index (χ1n) is 10.2. The van der Waals surface area contributed by atoms with Gasteiger partial charge in [0.05, 0.1) is 26.7 Å². The zero-order chi connectivity index (χ0) is 19.5. The lowest BCUT2D eigenvalue weighted by Crippen LogP contribution is -2.37. The van der Waals surface area contributed by atoms with Gasteiger partial charge >= 0.3 is 0 Å². The number of carbonyl (C=O) groups is 1. The first-order chi connectivity index (χ1) is 14.1. The Labute approximate surface area is 176 Å². The molecule has 5 heterocycles. The average molecular weight is 422 g/mol. The highest BCUT2D eigenvalue weighted by molar-refractivity contribution is 7.51. The fourth-order valence-electron chi connectivity index (χ4n) is 4.90. The van der Waals surface area contributed by atoms with Gasteiger partial charge in [0.1, 0.15) is 0 Å². The van der Waals surface area contributed by atoms with Gasteiger partial charge in [-0.1, -0.05) is 20.7 Å². The lowest BCUT2D eigenvalue weighted by molar-refractivity contribution is -0.123. The fraction of sp³-hybridized carbons (Fsp3) is 0.364. The van der Waals surface area contributed by atoms with Crippen molar-refractivity contribution in [3.8, 4) is 0 Å². The van der Waals surface area contributed by atoms with Gasteiger partial charge in [0.2, 0.25) is 0 Å². The van der Waals surface area contributed by atoms with Gasteiger partial charge in [-0.25, -0.2) is 4.98 Å². The molecule has 1 aromatic carbocycles. The number of hydrogen-bond acceptors (Lipinski definition) is 5. The minimum atomic E-state index is 0.0845. The van der Waals surface area contributed by atoms with Crippen molar-refractivity contribution >= 4 is 41.4 Å². The average Bonchev–Trinajstić information content (AvgIpc) is 3.40. The summed E-state index contributed by atoms with van der Waals surface area (Å²) >= 11 is 1.71. The van der Waals surface area contributed by atoms with Gasteiger partial charge < -0.3 is 15.1 Å². The maximum atomic E-state index is 13.0. The van der Waals surface area contributed by atoms with Crippen LogP contribution in [0.2, 0.25) is 0 Å². The Morgan fingerprint density at radius 2 is 2.07 bits per heavy atom. The predicted molar refractivity (Wildman–Crippen MR) is 120 cm³/mol. The van der Waals surface area contributed by atoms with Crippen molar-refractivity contribution in [1.29, 1.82) is 0 Å². The van der Waals surface area contributed by atoms with E-state index in [9.17, 15) is 4.79 Å². The van der Waals surface area contributed by atoms with Crippen molar-refractivity contribution in [2.75, 3.05) is 26.2 Å². The molecule has 6 rings (SSSR count). The molecule has 4 aliphatic heterocycles. The summed E-state index contributed by atoms with van der Waals surface area (Å²) in [6, 6.07) is 6.39. The number of nitrogens with zero attached hydrogens (tertiary/aromatic N) is 3. The number of rotatable bonds is 2. The van der Waals surface area contributed by atoms with Crippen LogP contribution in [-0.2, 0) is 4.79 Å². The highest BCUT2D eigenvalue weighted by Crippen LogP contribution is 2.45. The first kappa shape index (κ1) is 17.8. The Balaban J connectivity index is 1.26. The Kier molecular flexibility index (Phi) is 4.15. The summed E-state index contributed by atoms with van der Waals surface area (Å²) in [7, 11) is 0.547. The molecule has 1 aromatic heterocycles. The number of hydrogen-bond donors (Lipinski definition) is 1. The molecule has 29 heavy (non-hydrogen) atoms. The Bertz CT molecular complexity index is 1090. The number of aryl methyl sites for hydroxylation is 1. The van der Waals surface area contributed by atoms with E-state index in [2.05, 4.69) is 51.8 Å². The Morgan fingerprint density at radius 1 is 1.24 bits per heavy atom. The van der Waals surface area contributed by atoms with Gasteiger partial charge in [0.25, 0.3) is 5.91 Å². The van der Waals surface area contributed by atoms with Crippen molar-refractivity contribution < 1.29 is 4.79 Å². The zero-order valence-electron chi connectivity index (χ0n) is 16.3. The topological polar surface area (TPSA) is 48.5 Å². The van der Waals surface area contributed by atoms with Crippen LogP contribution in [-0.4, -0.2) is 52.7 Å². The van der Waals surface area contributed by atoms with Gasteiger partial charge in [-0.05, 0) is 47.8 Å². The summed E-state index contributed by atoms with van der Waals surface area (Å²) in [6.07, 6.45) is 8.35. The number of amides is 1. The monoisotopic (exact) mass is 422 g/mol. The molecule has 1 N–H and O–H groups in total. The van der Waals surface area contributed by atoms with Crippen LogP contribution in [0.1, 0.15) is 10.6 Å². The van der Waals surface area contributed by atoms with Crippen LogP contribution >= 0.6 is 19.9 Å². The summed E-state index contributed by atoms with van der Waals surface area (Å²) < 4.78 is 1.20. The summed E-state index contributed by atoms with van der Waals surface area (Å²) in [4.78, 5) is 22.0. The minimum absolute atomic E-state index is 0.0845. The van der Waals surface area contributed by atoms with E-state index in [0.717, 1.165) is 59.4 Å². The van der Waals surface area contributed by atoms with E-state index in [-0.39, 0.29) is 11.7 Å². The SMILES string of the molecule is Cc1nc2cc(C3=CC(=O)N4C=C(N5CC6CNC[C@H]6C5)C=CC4P3)ccc2s1. The van der Waals surface area contributed by atoms with Crippen molar-refractivity contribution in [3.05, 3.63) is 58.9 Å². The molecule has 3 unspecified atom stereocenters. The molecule has 2 fully saturated rings. The third-order valence-corrected chi connectivity index (χ3v) is 8.87. The lowest BCUT2D eigenvalue weighted by Gasteiger charge is -2.35. The van der Waals surface area contributed by atoms with E-state index < -0.39 is 0 Å². The van der Waals surface area contributed by atoms with Gasteiger partial charge in [0.15, 0.2) is 0 Å². The standard InChI is InChI=1S/C22H23N4OPS/c1-13-24-18-6-14(2-4-20(18)29-13)19-7-21(27)26-12-17(3-5-22(26)28-19)25-10-15-8-23-9-16(15)11-25/h2-7,12,15-16,22-23,28H,8-11H2,1H3/t15-,16?,22?/m0/s1. The molecule has 0 saturated carbocycles. The molecular weight excluding hydrogens is 399 g/mol. The molecule has 2 aromatic rings. The molecule has 0 spiro atoms. The van der Waals surface area contributed by atoms with Crippen molar-refractivity contribution in [2.45, 2.75) is 12.7 Å². The van der Waals surface area contributed by atoms with Gasteiger partial charge in [-0.2, -0.15) is 0 Å². The van der Waals surface area contributed by atoms with Crippen LogP contribution in [0.4, 0.5) is 0 Å². The van der Waals surface area contributed by atoms with Gasteiger partial charge in [-0.3, -0.25) is 4.79 Å². The smallest absolute Gasteiger partial charge is 0.252 e. The molecule has 0 radical (unpaired) electrons. The first-order valence-corrected chi connectivity index (χ1v) is 12.1. The van der Waals surface area contributed by atoms with Crippen LogP contribution in [0, 0.1) is 18.8 Å². The van der Waals surface area contributed by atoms with E-state index in [1.807, 2.05) is 17.9 Å². The third kappa shape index (κ3) is 3.05. The van der Waals surface area contributed by atoms with Crippen LogP contribution in [0.25, 0.3) is 15.5 Å². The molecule has 5 nitrogen and oxygen atoms in total. The van der Waals surface area contributed by atoms with Crippen LogP contribution < -0.4 is 5.32 Å². The number of carbonyl (C=O) groups excluding carboxylic acids is 1. The molecule has 4 atom stereocenters. The number of nitrogens with one attached hydrogen (secondary N) is 1. The second kappa shape index (κ2) is 6.76. The Hall–Kier alpha value is -2.01. The molecule has 0 bridgehead atoms. The predicted octanol–water partition coefficient (Wildman–Crippen LogP) is 3.35. The second-order valence-electron chi connectivity index (χ2n) is 8.30. The normalized spacial score (nSPS) is 29.4. The third-order valence-electron chi connectivity index (χ3n) is 6.41. The second-order valence-corrected chi connectivity index (χ2v) is 11.0. The fourth-order valence-corrected chi connectivity index (χ4v) is 7.08. The zero-order valence-corrected chi connectivity index (χ0v) is 18.1. The molecule has 1 amide bonds. The maximum absolute atomic E-state index is 13.0. The quantitative estimate of drug-likeness (QED) is 0.754. The van der Waals surface area contributed by atoms with E-state index in [4.69, 9.17) is 0 Å². The molecule has 2 saturated heterocycles. The van der Waals surface area contributed by atoms with E-state index in [0.29, 0.717) is 8.58 Å². The number of likely N-dealkylation sites (tertiary alicyclic amines) is 1. The summed E-state index contributed by atoms with van der Waals surface area (Å²) in [6.45, 7) is 6.47. The van der Waals surface area contributed by atoms with Crippen LogP contribution in [0.3, 0.4) is 0 Å². The maximum Gasteiger partial charge on any atom is 0.252 e. The number of aromatic nitrogens is 1. The van der Waals surface area contributed by atoms with Gasteiger partial charge in [0, 0.05) is 38.5 Å². The largest absolute Gasteiger partial charge is 0.370 e. The van der Waals surface area contributed by atoms with Crippen molar-refractivity contribution in [3.63, 3.8) is 0 Å². The van der Waals surface area contributed by atoms with Gasteiger partial charge in [-0.15, -0.1) is 11.3 Å². The Morgan fingerprint density at radius 3 is 2.90 bits per heavy atom. The summed E-state index contributed by atoms with van der Waals surface area (Å²) in [5.74, 6) is 1.71. The van der Waals surface area contributed by atoms with Crippen LogP contribution in [0.15, 0.2) is 48.3 Å². The summed E-state index contributed by atoms with van der Waals surface area (Å²) in [5.41, 5.74) is 3.34. The van der Waals surface area contributed by atoms with Crippen molar-refractivity contribution in [1.82, 2.24) is 20.1 Å². The van der Waals surface area contributed by atoms with E-state index in [1.54, 1.807) is 11.3 Å². The highest BCUT2D eigenvalue weighted by atomic mass is 32.1. The molecule has 7 heteroatoms. The number of benzene rings is 1.